The fraction of sp³-hybridized carbons (Fsp3) is 0.818. The molecule has 8 nitrogen and oxygen atoms in total. The van der Waals surface area contributed by atoms with Crippen LogP contribution >= 0.6 is 0 Å². The smallest absolute Gasteiger partial charge is 0.306 e. The van der Waals surface area contributed by atoms with Gasteiger partial charge in [0.1, 0.15) is 0 Å². The van der Waals surface area contributed by atoms with Crippen LogP contribution in [0, 0.1) is 0 Å². The molecule has 0 N–H and O–H groups in total. The second-order valence-electron chi connectivity index (χ2n) is 7.49. The van der Waals surface area contributed by atoms with E-state index in [0.29, 0.717) is 0 Å². The number of carbonyl (C=O) groups excluding carboxylic acids is 4. The summed E-state index contributed by atoms with van der Waals surface area (Å²) in [6, 6.07) is 0. The van der Waals surface area contributed by atoms with Crippen LogP contribution in [0.25, 0.3) is 0 Å². The molecule has 0 amide bonds. The molecule has 0 aliphatic heterocycles. The molecule has 0 rings (SSSR count). The Kier molecular flexibility index (Phi) is 17.8. The standard InChI is InChI=1S/C12H22O4.C10H18O4/c1-5-9(3)15-11(13)7-8-12(14)16-10(4)6-2;1-7(2)13-9(11)5-6-10(12)14-8(3)4/h9-10H,5-8H2,1-4H3;7-8H,5-6H2,1-4H3. The summed E-state index contributed by atoms with van der Waals surface area (Å²) < 4.78 is 19.8. The lowest BCUT2D eigenvalue weighted by molar-refractivity contribution is -0.155. The van der Waals surface area contributed by atoms with Gasteiger partial charge in [-0.05, 0) is 54.4 Å². The Morgan fingerprint density at radius 1 is 0.500 bits per heavy atom. The van der Waals surface area contributed by atoms with Crippen LogP contribution in [0.1, 0.15) is 93.9 Å². The van der Waals surface area contributed by atoms with Crippen molar-refractivity contribution in [1.82, 2.24) is 0 Å². The van der Waals surface area contributed by atoms with Crippen LogP contribution in [0.3, 0.4) is 0 Å². The molecule has 30 heavy (non-hydrogen) atoms. The van der Waals surface area contributed by atoms with Crippen molar-refractivity contribution in [1.29, 1.82) is 0 Å². The number of carbonyl (C=O) groups is 4. The summed E-state index contributed by atoms with van der Waals surface area (Å²) in [4.78, 5) is 44.5. The largest absolute Gasteiger partial charge is 0.463 e. The van der Waals surface area contributed by atoms with Crippen molar-refractivity contribution in [3.63, 3.8) is 0 Å². The summed E-state index contributed by atoms with van der Waals surface area (Å²) in [5.41, 5.74) is 0. The third kappa shape index (κ3) is 20.6. The first-order valence-electron chi connectivity index (χ1n) is 10.7. The van der Waals surface area contributed by atoms with Gasteiger partial charge < -0.3 is 18.9 Å². The molecule has 0 aliphatic carbocycles. The Labute approximate surface area is 181 Å². The van der Waals surface area contributed by atoms with Crippen LogP contribution in [-0.2, 0) is 38.1 Å². The number of hydrogen-bond donors (Lipinski definition) is 0. The Morgan fingerprint density at radius 3 is 0.933 bits per heavy atom. The van der Waals surface area contributed by atoms with Gasteiger partial charge in [-0.25, -0.2) is 0 Å². The normalized spacial score (nSPS) is 12.3. The van der Waals surface area contributed by atoms with Crippen molar-refractivity contribution in [2.75, 3.05) is 0 Å². The lowest BCUT2D eigenvalue weighted by Gasteiger charge is -2.12. The highest BCUT2D eigenvalue weighted by molar-refractivity contribution is 5.78. The molecule has 0 aromatic rings. The van der Waals surface area contributed by atoms with Crippen molar-refractivity contribution in [3.8, 4) is 0 Å². The highest BCUT2D eigenvalue weighted by Crippen LogP contribution is 2.04. The first-order chi connectivity index (χ1) is 13.9. The molecule has 0 aromatic heterocycles. The van der Waals surface area contributed by atoms with Gasteiger partial charge in [0.2, 0.25) is 0 Å². The van der Waals surface area contributed by atoms with Crippen LogP contribution in [0.15, 0.2) is 0 Å². The van der Waals surface area contributed by atoms with Gasteiger partial charge in [0.05, 0.1) is 50.1 Å². The van der Waals surface area contributed by atoms with Crippen molar-refractivity contribution in [3.05, 3.63) is 0 Å². The average Bonchev–Trinajstić information content (AvgIpc) is 2.64. The SMILES string of the molecule is CC(C)OC(=O)CCC(=O)OC(C)C.CCC(C)OC(=O)CCC(=O)OC(C)CC. The average molecular weight is 433 g/mol. The topological polar surface area (TPSA) is 105 Å². The molecule has 0 fully saturated rings. The van der Waals surface area contributed by atoms with Gasteiger partial charge in [-0.3, -0.25) is 19.2 Å². The van der Waals surface area contributed by atoms with E-state index in [1.54, 1.807) is 27.7 Å². The maximum Gasteiger partial charge on any atom is 0.306 e. The highest BCUT2D eigenvalue weighted by atomic mass is 16.6. The van der Waals surface area contributed by atoms with Gasteiger partial charge in [-0.1, -0.05) is 13.8 Å². The monoisotopic (exact) mass is 432 g/mol. The van der Waals surface area contributed by atoms with E-state index in [1.807, 2.05) is 27.7 Å². The fourth-order valence-electron chi connectivity index (χ4n) is 1.79. The van der Waals surface area contributed by atoms with Crippen LogP contribution in [0.5, 0.6) is 0 Å². The number of ether oxygens (including phenoxy) is 4. The van der Waals surface area contributed by atoms with E-state index in [9.17, 15) is 19.2 Å². The Morgan fingerprint density at radius 2 is 0.733 bits per heavy atom. The number of rotatable bonds is 12. The fourth-order valence-corrected chi connectivity index (χ4v) is 1.79. The van der Waals surface area contributed by atoms with Gasteiger partial charge >= 0.3 is 23.9 Å². The summed E-state index contributed by atoms with van der Waals surface area (Å²) in [7, 11) is 0. The first kappa shape index (κ1) is 30.1. The van der Waals surface area contributed by atoms with E-state index in [1.165, 1.54) is 0 Å². The molecule has 0 saturated carbocycles. The van der Waals surface area contributed by atoms with E-state index < -0.39 is 0 Å². The third-order valence-electron chi connectivity index (χ3n) is 3.62. The Balaban J connectivity index is 0. The van der Waals surface area contributed by atoms with E-state index in [-0.39, 0.29) is 74.0 Å². The highest BCUT2D eigenvalue weighted by Gasteiger charge is 2.13. The quantitative estimate of drug-likeness (QED) is 0.335. The molecule has 0 spiro atoms. The molecule has 0 heterocycles. The van der Waals surface area contributed by atoms with Gasteiger partial charge in [0, 0.05) is 0 Å². The van der Waals surface area contributed by atoms with Gasteiger partial charge in [-0.15, -0.1) is 0 Å². The maximum absolute atomic E-state index is 11.2. The molecule has 176 valence electrons. The van der Waals surface area contributed by atoms with Gasteiger partial charge in [0.15, 0.2) is 0 Å². The molecular formula is C22H40O8. The van der Waals surface area contributed by atoms with Crippen molar-refractivity contribution in [2.45, 2.75) is 118 Å². The molecule has 2 unspecified atom stereocenters. The summed E-state index contributed by atoms with van der Waals surface area (Å²) >= 11 is 0. The maximum atomic E-state index is 11.2. The predicted molar refractivity (Wildman–Crippen MR) is 113 cm³/mol. The number of hydrogen-bond acceptors (Lipinski definition) is 8. The summed E-state index contributed by atoms with van der Waals surface area (Å²) in [5.74, 6) is -1.40. The molecule has 0 aromatic carbocycles. The van der Waals surface area contributed by atoms with Crippen LogP contribution in [0.2, 0.25) is 0 Å². The summed E-state index contributed by atoms with van der Waals surface area (Å²) in [5, 5.41) is 0. The first-order valence-corrected chi connectivity index (χ1v) is 10.7. The van der Waals surface area contributed by atoms with Crippen molar-refractivity contribution < 1.29 is 38.1 Å². The second kappa shape index (κ2) is 17.7. The minimum absolute atomic E-state index is 0.0851. The molecular weight excluding hydrogens is 392 g/mol. The Bertz CT molecular complexity index is 467. The van der Waals surface area contributed by atoms with E-state index in [0.717, 1.165) is 12.8 Å². The van der Waals surface area contributed by atoms with Crippen LogP contribution in [-0.4, -0.2) is 48.3 Å². The van der Waals surface area contributed by atoms with E-state index in [4.69, 9.17) is 18.9 Å². The molecule has 8 heteroatoms. The zero-order valence-corrected chi connectivity index (χ0v) is 19.8. The second-order valence-corrected chi connectivity index (χ2v) is 7.49. The van der Waals surface area contributed by atoms with Crippen molar-refractivity contribution in [2.24, 2.45) is 0 Å². The van der Waals surface area contributed by atoms with Crippen molar-refractivity contribution >= 4 is 23.9 Å². The van der Waals surface area contributed by atoms with Gasteiger partial charge in [0.25, 0.3) is 0 Å². The molecule has 2 atom stereocenters. The molecule has 0 radical (unpaired) electrons. The minimum Gasteiger partial charge on any atom is -0.463 e. The Hall–Kier alpha value is -2.12. The molecule has 0 aliphatic rings. The predicted octanol–water partition coefficient (Wildman–Crippen LogP) is 4.12. The molecule has 0 saturated heterocycles. The minimum atomic E-state index is -0.360. The lowest BCUT2D eigenvalue weighted by Crippen LogP contribution is -2.18. The van der Waals surface area contributed by atoms with Gasteiger partial charge in [-0.2, -0.15) is 0 Å². The zero-order chi connectivity index (χ0) is 23.7. The van der Waals surface area contributed by atoms with E-state index >= 15 is 0 Å². The third-order valence-corrected chi connectivity index (χ3v) is 3.62. The van der Waals surface area contributed by atoms with Crippen LogP contribution < -0.4 is 0 Å². The zero-order valence-electron chi connectivity index (χ0n) is 19.8. The summed E-state index contributed by atoms with van der Waals surface area (Å²) in [6.07, 6.45) is 1.49. The summed E-state index contributed by atoms with van der Waals surface area (Å²) in [6.45, 7) is 14.6. The number of esters is 4. The lowest BCUT2D eigenvalue weighted by atomic mass is 10.3. The van der Waals surface area contributed by atoms with E-state index in [2.05, 4.69) is 0 Å². The molecule has 0 bridgehead atoms. The van der Waals surface area contributed by atoms with Crippen LogP contribution in [0.4, 0.5) is 0 Å².